The van der Waals surface area contributed by atoms with Gasteiger partial charge in [-0.1, -0.05) is 6.08 Å². The van der Waals surface area contributed by atoms with Gasteiger partial charge < -0.3 is 23.8 Å². The molecule has 0 aromatic carbocycles. The summed E-state index contributed by atoms with van der Waals surface area (Å²) >= 11 is 0. The Morgan fingerprint density at radius 1 is 0.953 bits per heavy atom. The second-order valence-electron chi connectivity index (χ2n) is 10.8. The highest BCUT2D eigenvalue weighted by Crippen LogP contribution is 2.47. The molecule has 0 radical (unpaired) electrons. The predicted octanol–water partition coefficient (Wildman–Crippen LogP) is 1.04. The zero-order chi connectivity index (χ0) is 31.7. The minimum Gasteiger partial charge on any atom is -0.498 e. The molecule has 5 aliphatic rings. The van der Waals surface area contributed by atoms with Gasteiger partial charge >= 0.3 is 5.97 Å². The minimum atomic E-state index is -1.45. The van der Waals surface area contributed by atoms with Crippen molar-refractivity contribution in [2.45, 2.75) is 51.9 Å². The molecule has 1 amide bonds. The maximum atomic E-state index is 14.3. The number of amides is 1. The first-order chi connectivity index (χ1) is 20.4. The smallest absolute Gasteiger partial charge is 0.333 e. The third kappa shape index (κ3) is 4.04. The van der Waals surface area contributed by atoms with Gasteiger partial charge in [-0.05, 0) is 40.8 Å². The van der Waals surface area contributed by atoms with Crippen LogP contribution in [0.15, 0.2) is 68.4 Å². The highest BCUT2D eigenvalue weighted by Gasteiger charge is 2.60. The Labute approximate surface area is 247 Å². The minimum absolute atomic E-state index is 0.0310. The number of ketones is 4. The number of allylic oxidation sites excluding steroid dienone is 6. The SMILES string of the molecule is C/C=C(/C)C(=O)OC[C@H]1C2=C(C=C3[C@H]4C5=C(C(=O)C(C)=C(OC)C5=O)C(=O)[C@H](C(=O)N31)N4C)C(=O)C(C)=C(OC)C2OC. The van der Waals surface area contributed by atoms with Crippen LogP contribution in [0.25, 0.3) is 0 Å². The van der Waals surface area contributed by atoms with Crippen molar-refractivity contribution in [1.82, 2.24) is 9.80 Å². The van der Waals surface area contributed by atoms with Crippen molar-refractivity contribution in [3.8, 4) is 0 Å². The zero-order valence-corrected chi connectivity index (χ0v) is 25.1. The summed E-state index contributed by atoms with van der Waals surface area (Å²) in [7, 11) is 5.57. The average molecular weight is 593 g/mol. The Bertz CT molecular complexity index is 1620. The topological polar surface area (TPSA) is 146 Å². The molecular formula is C31H32N2O10. The van der Waals surface area contributed by atoms with E-state index >= 15 is 0 Å². The summed E-state index contributed by atoms with van der Waals surface area (Å²) in [6.45, 7) is 5.83. The van der Waals surface area contributed by atoms with Crippen molar-refractivity contribution < 1.29 is 47.7 Å². The van der Waals surface area contributed by atoms with E-state index in [0.717, 1.165) is 0 Å². The van der Waals surface area contributed by atoms with Gasteiger partial charge in [0.25, 0.3) is 5.91 Å². The maximum absolute atomic E-state index is 14.3. The first kappa shape index (κ1) is 30.1. The van der Waals surface area contributed by atoms with Crippen molar-refractivity contribution in [1.29, 1.82) is 0 Å². The molecule has 0 aromatic heterocycles. The van der Waals surface area contributed by atoms with Crippen LogP contribution < -0.4 is 0 Å². The Kier molecular flexibility index (Phi) is 7.47. The van der Waals surface area contributed by atoms with Crippen LogP contribution in [0.5, 0.6) is 0 Å². The van der Waals surface area contributed by atoms with Crippen molar-refractivity contribution in [2.75, 3.05) is 35.0 Å². The van der Waals surface area contributed by atoms with Crippen molar-refractivity contribution in [3.05, 3.63) is 68.4 Å². The largest absolute Gasteiger partial charge is 0.498 e. The number of likely N-dealkylation sites (N-methyl/N-ethyl adjacent to an activating group) is 1. The number of piperazine rings is 1. The normalized spacial score (nSPS) is 27.8. The molecule has 2 bridgehead atoms. The molecule has 2 aliphatic carbocycles. The van der Waals surface area contributed by atoms with E-state index in [4.69, 9.17) is 18.9 Å². The summed E-state index contributed by atoms with van der Waals surface area (Å²) in [6.07, 6.45) is 2.13. The van der Waals surface area contributed by atoms with Crippen LogP contribution in [-0.2, 0) is 47.7 Å². The number of carbonyl (C=O) groups excluding carboxylic acids is 6. The Morgan fingerprint density at radius 2 is 1.63 bits per heavy atom. The molecule has 0 aromatic rings. The van der Waals surface area contributed by atoms with Gasteiger partial charge in [-0.2, -0.15) is 0 Å². The summed E-state index contributed by atoms with van der Waals surface area (Å²) in [5.74, 6) is -3.91. The lowest BCUT2D eigenvalue weighted by molar-refractivity contribution is -0.152. The predicted molar refractivity (Wildman–Crippen MR) is 149 cm³/mol. The van der Waals surface area contributed by atoms with Crippen LogP contribution in [-0.4, -0.2) is 104 Å². The number of hydrogen-bond donors (Lipinski definition) is 0. The summed E-state index contributed by atoms with van der Waals surface area (Å²) in [5, 5.41) is 0. The number of esters is 1. The molecular weight excluding hydrogens is 560 g/mol. The number of hydrogen-bond acceptors (Lipinski definition) is 11. The quantitative estimate of drug-likeness (QED) is 0.143. The van der Waals surface area contributed by atoms with Gasteiger partial charge in [-0.3, -0.25) is 28.9 Å². The third-order valence-corrected chi connectivity index (χ3v) is 8.78. The standard InChI is InChI=1S/C31H32N2O10/c1-9-12(2)31(39)43-11-17-18-15(23(34)13(3)28(41-7)29(18)42-8)10-16-21-19-20(24(35)14(4)27(40-6)26(19)37)25(36)22(32(21)5)30(38)33(16)17/h9-10,17,21-22,29H,11H2,1-8H3/b12-9-/t17-,21-,22+,29?/m0/s1. The number of Topliss-reactive ketones (excluding diaryl/α,β-unsaturated/α-hetero) is 4. The van der Waals surface area contributed by atoms with Crippen molar-refractivity contribution in [2.24, 2.45) is 0 Å². The molecule has 1 fully saturated rings. The lowest BCUT2D eigenvalue weighted by Gasteiger charge is -2.53. The Hall–Kier alpha value is -4.42. The van der Waals surface area contributed by atoms with Crippen molar-refractivity contribution >= 4 is 35.0 Å². The molecule has 43 heavy (non-hydrogen) atoms. The highest BCUT2D eigenvalue weighted by atomic mass is 16.5. The third-order valence-electron chi connectivity index (χ3n) is 8.78. The van der Waals surface area contributed by atoms with E-state index in [1.165, 1.54) is 51.2 Å². The molecule has 0 spiro atoms. The summed E-state index contributed by atoms with van der Waals surface area (Å²) in [5.41, 5.74) is 0.726. The number of methoxy groups -OCH3 is 3. The van der Waals surface area contributed by atoms with Crippen LogP contribution in [0.4, 0.5) is 0 Å². The van der Waals surface area contributed by atoms with Gasteiger partial charge in [-0.15, -0.1) is 0 Å². The Morgan fingerprint density at radius 3 is 2.21 bits per heavy atom. The first-order valence-corrected chi connectivity index (χ1v) is 13.6. The fourth-order valence-corrected chi connectivity index (χ4v) is 6.52. The molecule has 12 nitrogen and oxygen atoms in total. The van der Waals surface area contributed by atoms with Gasteiger partial charge in [0.1, 0.15) is 18.5 Å². The van der Waals surface area contributed by atoms with Crippen molar-refractivity contribution in [3.63, 3.8) is 0 Å². The fraction of sp³-hybridized carbons (Fsp3) is 0.419. The molecule has 3 heterocycles. The zero-order valence-electron chi connectivity index (χ0n) is 25.1. The molecule has 0 saturated carbocycles. The van der Waals surface area contributed by atoms with Crippen LogP contribution in [0.3, 0.4) is 0 Å². The maximum Gasteiger partial charge on any atom is 0.333 e. The lowest BCUT2D eigenvalue weighted by Crippen LogP contribution is -2.69. The molecule has 1 saturated heterocycles. The Balaban J connectivity index is 1.77. The van der Waals surface area contributed by atoms with Gasteiger partial charge in [0.2, 0.25) is 5.78 Å². The fourth-order valence-electron chi connectivity index (χ4n) is 6.52. The van der Waals surface area contributed by atoms with Crippen LogP contribution >= 0.6 is 0 Å². The van der Waals surface area contributed by atoms with Gasteiger partial charge in [-0.25, -0.2) is 4.79 Å². The molecule has 3 aliphatic heterocycles. The van der Waals surface area contributed by atoms with E-state index in [-0.39, 0.29) is 45.1 Å². The van der Waals surface area contributed by atoms with Gasteiger partial charge in [0, 0.05) is 46.2 Å². The number of ether oxygens (including phenoxy) is 4. The van der Waals surface area contributed by atoms with E-state index < -0.39 is 65.8 Å². The van der Waals surface area contributed by atoms with Crippen LogP contribution in [0.1, 0.15) is 27.7 Å². The summed E-state index contributed by atoms with van der Waals surface area (Å²) in [4.78, 5) is 84.6. The summed E-state index contributed by atoms with van der Waals surface area (Å²) in [6, 6.07) is -3.63. The van der Waals surface area contributed by atoms with Crippen LogP contribution in [0, 0.1) is 0 Å². The van der Waals surface area contributed by atoms with E-state index in [9.17, 15) is 28.8 Å². The monoisotopic (exact) mass is 592 g/mol. The molecule has 0 N–H and O–H groups in total. The molecule has 5 rings (SSSR count). The number of fused-ring (bicyclic) bond motifs is 5. The molecule has 226 valence electrons. The second-order valence-corrected chi connectivity index (χ2v) is 10.8. The van der Waals surface area contributed by atoms with E-state index in [0.29, 0.717) is 11.1 Å². The second kappa shape index (κ2) is 10.7. The van der Waals surface area contributed by atoms with Crippen LogP contribution in [0.2, 0.25) is 0 Å². The van der Waals surface area contributed by atoms with Gasteiger partial charge in [0.05, 0.1) is 31.9 Å². The summed E-state index contributed by atoms with van der Waals surface area (Å²) < 4.78 is 22.2. The molecule has 12 heteroatoms. The van der Waals surface area contributed by atoms with E-state index in [2.05, 4.69) is 0 Å². The molecule has 1 unspecified atom stereocenters. The van der Waals surface area contributed by atoms with Gasteiger partial charge in [0.15, 0.2) is 29.2 Å². The van der Waals surface area contributed by atoms with E-state index in [1.807, 2.05) is 0 Å². The number of rotatable bonds is 6. The van der Waals surface area contributed by atoms with E-state index in [1.54, 1.807) is 26.8 Å². The number of carbonyl (C=O) groups is 6. The molecule has 4 atom stereocenters. The first-order valence-electron chi connectivity index (χ1n) is 13.6. The average Bonchev–Trinajstić information content (AvgIpc) is 2.98. The number of nitrogens with zero attached hydrogens (tertiary/aromatic N) is 2. The highest BCUT2D eigenvalue weighted by molar-refractivity contribution is 6.39. The lowest BCUT2D eigenvalue weighted by atomic mass is 9.71.